The van der Waals surface area contributed by atoms with Crippen molar-refractivity contribution in [2.24, 2.45) is 0 Å². The van der Waals surface area contributed by atoms with E-state index in [0.717, 1.165) is 34.8 Å². The SMILES string of the molecule is COc1c(C)cnc(Cn2cc(CNC3CC3)nn2)c1C. The van der Waals surface area contributed by atoms with Crippen molar-refractivity contribution in [3.63, 3.8) is 0 Å². The van der Waals surface area contributed by atoms with Crippen LogP contribution in [0.1, 0.15) is 35.4 Å². The van der Waals surface area contributed by atoms with Crippen LogP contribution in [0.5, 0.6) is 5.75 Å². The van der Waals surface area contributed by atoms with E-state index in [2.05, 4.69) is 20.6 Å². The molecule has 21 heavy (non-hydrogen) atoms. The molecule has 1 aliphatic rings. The number of ether oxygens (including phenoxy) is 1. The summed E-state index contributed by atoms with van der Waals surface area (Å²) >= 11 is 0. The summed E-state index contributed by atoms with van der Waals surface area (Å²) in [5, 5.41) is 11.8. The Hall–Kier alpha value is -1.95. The summed E-state index contributed by atoms with van der Waals surface area (Å²) in [6, 6.07) is 0.681. The summed E-state index contributed by atoms with van der Waals surface area (Å²) in [7, 11) is 1.69. The first kappa shape index (κ1) is 14.0. The third-order valence-corrected chi connectivity index (χ3v) is 3.80. The summed E-state index contributed by atoms with van der Waals surface area (Å²) in [5.41, 5.74) is 4.04. The normalized spacial score (nSPS) is 14.4. The summed E-state index contributed by atoms with van der Waals surface area (Å²) in [4.78, 5) is 4.49. The minimum atomic E-state index is 0.610. The Labute approximate surface area is 124 Å². The van der Waals surface area contributed by atoms with Gasteiger partial charge >= 0.3 is 0 Å². The molecule has 2 aromatic heterocycles. The third-order valence-electron chi connectivity index (χ3n) is 3.80. The molecule has 0 saturated heterocycles. The lowest BCUT2D eigenvalue weighted by molar-refractivity contribution is 0.406. The Morgan fingerprint density at radius 3 is 2.90 bits per heavy atom. The topological polar surface area (TPSA) is 64.9 Å². The lowest BCUT2D eigenvalue weighted by Crippen LogP contribution is -2.15. The van der Waals surface area contributed by atoms with E-state index in [9.17, 15) is 0 Å². The fraction of sp³-hybridized carbons (Fsp3) is 0.533. The van der Waals surface area contributed by atoms with Gasteiger partial charge in [-0.1, -0.05) is 5.21 Å². The average molecular weight is 287 g/mol. The number of nitrogens with one attached hydrogen (secondary N) is 1. The third kappa shape index (κ3) is 3.21. The van der Waals surface area contributed by atoms with Crippen LogP contribution in [0, 0.1) is 13.8 Å². The molecule has 1 aliphatic carbocycles. The highest BCUT2D eigenvalue weighted by atomic mass is 16.5. The van der Waals surface area contributed by atoms with Gasteiger partial charge in [0.25, 0.3) is 0 Å². The van der Waals surface area contributed by atoms with E-state index >= 15 is 0 Å². The smallest absolute Gasteiger partial charge is 0.128 e. The van der Waals surface area contributed by atoms with Crippen molar-refractivity contribution < 1.29 is 4.74 Å². The van der Waals surface area contributed by atoms with Gasteiger partial charge in [-0.15, -0.1) is 5.10 Å². The van der Waals surface area contributed by atoms with Crippen LogP contribution in [-0.4, -0.2) is 33.1 Å². The Morgan fingerprint density at radius 2 is 2.19 bits per heavy atom. The first-order chi connectivity index (χ1) is 10.2. The summed E-state index contributed by atoms with van der Waals surface area (Å²) in [6.45, 7) is 5.42. The van der Waals surface area contributed by atoms with Gasteiger partial charge in [0.15, 0.2) is 0 Å². The van der Waals surface area contributed by atoms with Gasteiger partial charge in [0.2, 0.25) is 0 Å². The monoisotopic (exact) mass is 287 g/mol. The van der Waals surface area contributed by atoms with Crippen LogP contribution in [0.3, 0.4) is 0 Å². The molecule has 6 heteroatoms. The van der Waals surface area contributed by atoms with Gasteiger partial charge < -0.3 is 10.1 Å². The molecule has 1 N–H and O–H groups in total. The minimum Gasteiger partial charge on any atom is -0.496 e. The fourth-order valence-electron chi connectivity index (χ4n) is 2.42. The highest BCUT2D eigenvalue weighted by Crippen LogP contribution is 2.24. The summed E-state index contributed by atoms with van der Waals surface area (Å²) in [6.07, 6.45) is 6.37. The zero-order valence-corrected chi connectivity index (χ0v) is 12.8. The molecule has 0 radical (unpaired) electrons. The van der Waals surface area contributed by atoms with Crippen molar-refractivity contribution in [1.82, 2.24) is 25.3 Å². The van der Waals surface area contributed by atoms with Gasteiger partial charge in [-0.2, -0.15) is 0 Å². The van der Waals surface area contributed by atoms with Crippen molar-refractivity contribution in [2.75, 3.05) is 7.11 Å². The zero-order chi connectivity index (χ0) is 14.8. The lowest BCUT2D eigenvalue weighted by atomic mass is 10.1. The highest BCUT2D eigenvalue weighted by molar-refractivity contribution is 5.41. The maximum Gasteiger partial charge on any atom is 0.128 e. The molecular weight excluding hydrogens is 266 g/mol. The van der Waals surface area contributed by atoms with E-state index in [1.165, 1.54) is 12.8 Å². The Bertz CT molecular complexity index is 633. The molecule has 0 amide bonds. The van der Waals surface area contributed by atoms with Crippen LogP contribution in [0.15, 0.2) is 12.4 Å². The quantitative estimate of drug-likeness (QED) is 0.874. The van der Waals surface area contributed by atoms with E-state index in [-0.39, 0.29) is 0 Å². The van der Waals surface area contributed by atoms with Crippen molar-refractivity contribution >= 4 is 0 Å². The highest BCUT2D eigenvalue weighted by Gasteiger charge is 2.20. The Morgan fingerprint density at radius 1 is 1.38 bits per heavy atom. The number of pyridine rings is 1. The number of aryl methyl sites for hydroxylation is 1. The number of hydrogen-bond donors (Lipinski definition) is 1. The maximum atomic E-state index is 5.44. The molecule has 0 aromatic carbocycles. The molecule has 112 valence electrons. The first-order valence-electron chi connectivity index (χ1n) is 7.29. The largest absolute Gasteiger partial charge is 0.496 e. The molecule has 2 heterocycles. The lowest BCUT2D eigenvalue weighted by Gasteiger charge is -2.11. The molecule has 3 rings (SSSR count). The molecule has 1 saturated carbocycles. The van der Waals surface area contributed by atoms with Crippen LogP contribution >= 0.6 is 0 Å². The second kappa shape index (κ2) is 5.81. The van der Waals surface area contributed by atoms with E-state index in [4.69, 9.17) is 4.74 Å². The van der Waals surface area contributed by atoms with Gasteiger partial charge in [0.1, 0.15) is 5.75 Å². The van der Waals surface area contributed by atoms with Crippen molar-refractivity contribution in [1.29, 1.82) is 0 Å². The minimum absolute atomic E-state index is 0.610. The Kier molecular flexibility index (Phi) is 3.88. The standard InChI is InChI=1S/C15H21N5O/c1-10-6-17-14(11(2)15(10)21-3)9-20-8-13(18-19-20)7-16-12-4-5-12/h6,8,12,16H,4-5,7,9H2,1-3H3. The second-order valence-corrected chi connectivity index (χ2v) is 5.61. The summed E-state index contributed by atoms with van der Waals surface area (Å²) in [5.74, 6) is 0.899. The van der Waals surface area contributed by atoms with Crippen LogP contribution in [0.2, 0.25) is 0 Å². The van der Waals surface area contributed by atoms with Crippen molar-refractivity contribution in [3.8, 4) is 5.75 Å². The second-order valence-electron chi connectivity index (χ2n) is 5.61. The molecule has 0 bridgehead atoms. The van der Waals surface area contributed by atoms with Gasteiger partial charge in [0, 0.05) is 29.9 Å². The average Bonchev–Trinajstić information content (AvgIpc) is 3.20. The van der Waals surface area contributed by atoms with Gasteiger partial charge in [-0.3, -0.25) is 4.98 Å². The van der Waals surface area contributed by atoms with Gasteiger partial charge in [-0.25, -0.2) is 4.68 Å². The number of rotatable bonds is 6. The number of methoxy groups -OCH3 is 1. The molecule has 2 aromatic rings. The van der Waals surface area contributed by atoms with Crippen LogP contribution < -0.4 is 10.1 Å². The maximum absolute atomic E-state index is 5.44. The molecule has 6 nitrogen and oxygen atoms in total. The molecular formula is C15H21N5O. The molecule has 1 fully saturated rings. The molecule has 0 unspecified atom stereocenters. The van der Waals surface area contributed by atoms with Crippen molar-refractivity contribution in [3.05, 3.63) is 34.9 Å². The molecule has 0 atom stereocenters. The fourth-order valence-corrected chi connectivity index (χ4v) is 2.42. The van der Waals surface area contributed by atoms with Crippen molar-refractivity contribution in [2.45, 2.75) is 45.8 Å². The van der Waals surface area contributed by atoms with Gasteiger partial charge in [-0.05, 0) is 26.7 Å². The number of aromatic nitrogens is 4. The van der Waals surface area contributed by atoms with Gasteiger partial charge in [0.05, 0.1) is 31.2 Å². The van der Waals surface area contributed by atoms with Crippen LogP contribution in [-0.2, 0) is 13.1 Å². The predicted octanol–water partition coefficient (Wildman–Crippen LogP) is 1.60. The Balaban J connectivity index is 1.71. The number of hydrogen-bond acceptors (Lipinski definition) is 5. The molecule has 0 aliphatic heterocycles. The summed E-state index contributed by atoms with van der Waals surface area (Å²) < 4.78 is 7.26. The van der Waals surface area contributed by atoms with Crippen LogP contribution in [0.25, 0.3) is 0 Å². The van der Waals surface area contributed by atoms with E-state index in [1.807, 2.05) is 30.9 Å². The van der Waals surface area contributed by atoms with E-state index < -0.39 is 0 Å². The first-order valence-corrected chi connectivity index (χ1v) is 7.29. The van der Waals surface area contributed by atoms with Crippen LogP contribution in [0.4, 0.5) is 0 Å². The van der Waals surface area contributed by atoms with E-state index in [1.54, 1.807) is 7.11 Å². The number of nitrogens with zero attached hydrogens (tertiary/aromatic N) is 4. The predicted molar refractivity (Wildman–Crippen MR) is 79.2 cm³/mol. The molecule has 0 spiro atoms. The van der Waals surface area contributed by atoms with E-state index in [0.29, 0.717) is 12.6 Å². The zero-order valence-electron chi connectivity index (χ0n) is 12.8.